The van der Waals surface area contributed by atoms with Gasteiger partial charge in [-0.25, -0.2) is 5.84 Å². The highest BCUT2D eigenvalue weighted by Crippen LogP contribution is 2.15. The quantitative estimate of drug-likeness (QED) is 0.290. The Morgan fingerprint density at radius 2 is 2.50 bits per heavy atom. The van der Waals surface area contributed by atoms with Crippen molar-refractivity contribution < 1.29 is 0 Å². The van der Waals surface area contributed by atoms with Crippen molar-refractivity contribution in [2.75, 3.05) is 31.1 Å². The van der Waals surface area contributed by atoms with Gasteiger partial charge >= 0.3 is 0 Å². The first-order valence-electron chi connectivity index (χ1n) is 5.11. The van der Waals surface area contributed by atoms with Crippen LogP contribution in [0, 0.1) is 5.92 Å². The topological polar surface area (TPSA) is 53.6 Å². The number of thioether (sulfide) groups is 1. The van der Waals surface area contributed by atoms with Crippen LogP contribution in [0.1, 0.15) is 13.8 Å². The lowest BCUT2D eigenvalue weighted by molar-refractivity contribution is 0.381. The minimum absolute atomic E-state index is 0.706. The minimum Gasteiger partial charge on any atom is -0.341 e. The Kier molecular flexibility index (Phi) is 5.11. The number of hydrogen-bond acceptors (Lipinski definition) is 3. The smallest absolute Gasteiger partial charge is 0.208 e. The van der Waals surface area contributed by atoms with Gasteiger partial charge in [0.15, 0.2) is 0 Å². The van der Waals surface area contributed by atoms with Gasteiger partial charge in [0.25, 0.3) is 0 Å². The Morgan fingerprint density at radius 1 is 1.71 bits per heavy atom. The molecule has 0 aromatic carbocycles. The van der Waals surface area contributed by atoms with Gasteiger partial charge in [-0.2, -0.15) is 11.8 Å². The molecule has 1 aliphatic rings. The molecule has 1 saturated heterocycles. The van der Waals surface area contributed by atoms with Gasteiger partial charge in [-0.05, 0) is 18.6 Å². The second-order valence-corrected chi connectivity index (χ2v) is 4.72. The van der Waals surface area contributed by atoms with E-state index in [2.05, 4.69) is 22.2 Å². The minimum atomic E-state index is 0.706. The summed E-state index contributed by atoms with van der Waals surface area (Å²) < 4.78 is 0. The van der Waals surface area contributed by atoms with Crippen LogP contribution in [0.5, 0.6) is 0 Å². The van der Waals surface area contributed by atoms with Crippen LogP contribution in [-0.2, 0) is 0 Å². The van der Waals surface area contributed by atoms with Crippen LogP contribution in [0.3, 0.4) is 0 Å². The Balaban J connectivity index is 2.58. The van der Waals surface area contributed by atoms with Gasteiger partial charge in [0, 0.05) is 25.4 Å². The largest absolute Gasteiger partial charge is 0.341 e. The second kappa shape index (κ2) is 6.14. The lowest BCUT2D eigenvalue weighted by Crippen LogP contribution is -2.46. The summed E-state index contributed by atoms with van der Waals surface area (Å²) in [6, 6.07) is 0. The van der Waals surface area contributed by atoms with Gasteiger partial charge in [0.05, 0.1) is 0 Å². The zero-order chi connectivity index (χ0) is 10.4. The average molecular weight is 216 g/mol. The van der Waals surface area contributed by atoms with E-state index in [4.69, 9.17) is 5.84 Å². The van der Waals surface area contributed by atoms with Gasteiger partial charge in [0.2, 0.25) is 5.96 Å². The molecule has 5 heteroatoms. The molecule has 0 bridgehead atoms. The van der Waals surface area contributed by atoms with Crippen LogP contribution in [0.25, 0.3) is 0 Å². The Hall–Kier alpha value is -0.420. The molecule has 4 nitrogen and oxygen atoms in total. The first-order valence-corrected chi connectivity index (χ1v) is 6.27. The molecule has 0 aromatic heterocycles. The van der Waals surface area contributed by atoms with E-state index in [0.29, 0.717) is 5.92 Å². The summed E-state index contributed by atoms with van der Waals surface area (Å²) in [4.78, 5) is 6.58. The average Bonchev–Trinajstić information content (AvgIpc) is 2.39. The van der Waals surface area contributed by atoms with E-state index in [1.165, 1.54) is 5.75 Å². The van der Waals surface area contributed by atoms with Crippen LogP contribution >= 0.6 is 11.8 Å². The van der Waals surface area contributed by atoms with Gasteiger partial charge in [-0.1, -0.05) is 6.92 Å². The summed E-state index contributed by atoms with van der Waals surface area (Å²) in [5.74, 6) is 9.40. The maximum absolute atomic E-state index is 5.46. The summed E-state index contributed by atoms with van der Waals surface area (Å²) in [7, 11) is 0. The molecule has 0 amide bonds. The maximum Gasteiger partial charge on any atom is 0.208 e. The molecule has 1 unspecified atom stereocenters. The van der Waals surface area contributed by atoms with E-state index in [1.54, 1.807) is 0 Å². The number of guanidine groups is 1. The molecule has 1 fully saturated rings. The van der Waals surface area contributed by atoms with Crippen LogP contribution < -0.4 is 11.3 Å². The molecule has 14 heavy (non-hydrogen) atoms. The number of hydrazine groups is 1. The molecule has 1 atom stereocenters. The van der Waals surface area contributed by atoms with Crippen molar-refractivity contribution in [3.63, 3.8) is 0 Å². The number of nitrogens with zero attached hydrogens (tertiary/aromatic N) is 2. The van der Waals surface area contributed by atoms with E-state index in [0.717, 1.165) is 31.3 Å². The standard InChI is InChI=1S/C9H20N4S/c1-3-11-9(12-10)13-4-5-14-7-8(2)6-13/h8H,3-7,10H2,1-2H3,(H,11,12). The fourth-order valence-corrected chi connectivity index (χ4v) is 2.58. The van der Waals surface area contributed by atoms with Crippen LogP contribution in [0.15, 0.2) is 4.99 Å². The molecule has 1 aliphatic heterocycles. The van der Waals surface area contributed by atoms with E-state index in [9.17, 15) is 0 Å². The molecule has 0 spiro atoms. The van der Waals surface area contributed by atoms with Crippen molar-refractivity contribution in [2.24, 2.45) is 16.8 Å². The van der Waals surface area contributed by atoms with Crippen molar-refractivity contribution in [3.05, 3.63) is 0 Å². The van der Waals surface area contributed by atoms with E-state index < -0.39 is 0 Å². The predicted molar refractivity (Wildman–Crippen MR) is 63.4 cm³/mol. The lowest BCUT2D eigenvalue weighted by atomic mass is 10.2. The molecule has 0 saturated carbocycles. The highest BCUT2D eigenvalue weighted by Gasteiger charge is 2.17. The van der Waals surface area contributed by atoms with Crippen LogP contribution in [-0.4, -0.2) is 42.0 Å². The Bertz CT molecular complexity index is 195. The lowest BCUT2D eigenvalue weighted by Gasteiger charge is -2.25. The Labute approximate surface area is 90.3 Å². The normalized spacial score (nSPS) is 24.6. The summed E-state index contributed by atoms with van der Waals surface area (Å²) >= 11 is 2.01. The first-order chi connectivity index (χ1) is 6.77. The molecule has 1 rings (SSSR count). The summed E-state index contributed by atoms with van der Waals surface area (Å²) in [6.07, 6.45) is 0. The highest BCUT2D eigenvalue weighted by atomic mass is 32.2. The monoisotopic (exact) mass is 216 g/mol. The number of nitrogens with two attached hydrogens (primary N) is 1. The molecule has 0 aromatic rings. The first kappa shape index (κ1) is 11.7. The summed E-state index contributed by atoms with van der Waals surface area (Å²) in [5, 5.41) is 0. The van der Waals surface area contributed by atoms with E-state index in [1.807, 2.05) is 18.7 Å². The zero-order valence-corrected chi connectivity index (χ0v) is 9.81. The van der Waals surface area contributed by atoms with E-state index in [-0.39, 0.29) is 0 Å². The third-order valence-electron chi connectivity index (χ3n) is 2.18. The van der Waals surface area contributed by atoms with Gasteiger partial charge in [0.1, 0.15) is 0 Å². The molecule has 1 heterocycles. The maximum atomic E-state index is 5.46. The summed E-state index contributed by atoms with van der Waals surface area (Å²) in [6.45, 7) is 7.16. The molecular weight excluding hydrogens is 196 g/mol. The van der Waals surface area contributed by atoms with Crippen molar-refractivity contribution in [2.45, 2.75) is 13.8 Å². The van der Waals surface area contributed by atoms with Crippen molar-refractivity contribution in [3.8, 4) is 0 Å². The highest BCUT2D eigenvalue weighted by molar-refractivity contribution is 7.99. The number of aliphatic imine (C=N–C) groups is 1. The van der Waals surface area contributed by atoms with Gasteiger partial charge < -0.3 is 4.90 Å². The SMILES string of the molecule is CCN=C(NN)N1CCSCC(C)C1. The van der Waals surface area contributed by atoms with Crippen LogP contribution in [0.4, 0.5) is 0 Å². The fourth-order valence-electron chi connectivity index (χ4n) is 1.56. The molecule has 0 radical (unpaired) electrons. The summed E-state index contributed by atoms with van der Waals surface area (Å²) in [5.41, 5.74) is 2.69. The number of hydrogen-bond donors (Lipinski definition) is 2. The van der Waals surface area contributed by atoms with Crippen molar-refractivity contribution in [1.82, 2.24) is 10.3 Å². The number of nitrogens with one attached hydrogen (secondary N) is 1. The molecular formula is C9H20N4S. The van der Waals surface area contributed by atoms with Crippen LogP contribution in [0.2, 0.25) is 0 Å². The zero-order valence-electron chi connectivity index (χ0n) is 8.99. The number of rotatable bonds is 1. The van der Waals surface area contributed by atoms with Gasteiger partial charge in [-0.3, -0.25) is 10.4 Å². The van der Waals surface area contributed by atoms with E-state index >= 15 is 0 Å². The molecule has 0 aliphatic carbocycles. The Morgan fingerprint density at radius 3 is 3.14 bits per heavy atom. The second-order valence-electron chi connectivity index (χ2n) is 3.57. The van der Waals surface area contributed by atoms with Crippen molar-refractivity contribution >= 4 is 17.7 Å². The molecule has 82 valence electrons. The van der Waals surface area contributed by atoms with Gasteiger partial charge in [-0.15, -0.1) is 0 Å². The van der Waals surface area contributed by atoms with Crippen molar-refractivity contribution in [1.29, 1.82) is 0 Å². The third-order valence-corrected chi connectivity index (χ3v) is 3.45. The fraction of sp³-hybridized carbons (Fsp3) is 0.889. The third kappa shape index (κ3) is 3.38. The predicted octanol–water partition coefficient (Wildman–Crippen LogP) is 0.511. The molecule has 3 N–H and O–H groups in total.